The third-order valence-corrected chi connectivity index (χ3v) is 2.96. The number of rotatable bonds is 7. The Morgan fingerprint density at radius 1 is 1.26 bits per heavy atom. The van der Waals surface area contributed by atoms with Gasteiger partial charge in [0, 0.05) is 18.7 Å². The fourth-order valence-electron chi connectivity index (χ4n) is 1.60. The van der Waals surface area contributed by atoms with E-state index in [0.29, 0.717) is 12.1 Å². The maximum absolute atomic E-state index is 11.7. The van der Waals surface area contributed by atoms with Crippen molar-refractivity contribution in [1.82, 2.24) is 10.6 Å². The third-order valence-electron chi connectivity index (χ3n) is 2.96. The number of nitrogens with one attached hydrogen (secondary N) is 2. The summed E-state index contributed by atoms with van der Waals surface area (Å²) in [6.07, 6.45) is 2.57. The molecule has 0 aliphatic heterocycles. The van der Waals surface area contributed by atoms with Crippen LogP contribution in [-0.4, -0.2) is 32.7 Å². The van der Waals surface area contributed by atoms with Crippen LogP contribution >= 0.6 is 12.4 Å². The minimum Gasteiger partial charge on any atom is -0.493 e. The second-order valence-electron chi connectivity index (χ2n) is 4.64. The average Bonchev–Trinajstić information content (AvgIpc) is 3.21. The fraction of sp³-hybridized carbons (Fsp3) is 0.500. The van der Waals surface area contributed by atoms with Gasteiger partial charge in [-0.3, -0.25) is 4.79 Å². The van der Waals surface area contributed by atoms with Crippen LogP contribution in [0, 0.1) is 5.92 Å². The lowest BCUT2D eigenvalue weighted by Crippen LogP contribution is -2.30. The van der Waals surface area contributed by atoms with E-state index in [1.54, 1.807) is 12.1 Å². The van der Waals surface area contributed by atoms with Crippen LogP contribution in [0.5, 0.6) is 5.75 Å². The first-order valence-corrected chi connectivity index (χ1v) is 6.45. The van der Waals surface area contributed by atoms with E-state index in [1.807, 2.05) is 19.2 Å². The van der Waals surface area contributed by atoms with E-state index in [2.05, 4.69) is 10.6 Å². The molecule has 1 amide bonds. The molecule has 0 aromatic heterocycles. The summed E-state index contributed by atoms with van der Waals surface area (Å²) in [6.45, 7) is 2.21. The molecule has 1 saturated carbocycles. The van der Waals surface area contributed by atoms with Crippen LogP contribution in [-0.2, 0) is 0 Å². The fourth-order valence-corrected chi connectivity index (χ4v) is 1.60. The van der Waals surface area contributed by atoms with Crippen molar-refractivity contribution in [2.24, 2.45) is 5.92 Å². The summed E-state index contributed by atoms with van der Waals surface area (Å²) in [4.78, 5) is 11.7. The summed E-state index contributed by atoms with van der Waals surface area (Å²) in [6, 6.07) is 7.32. The van der Waals surface area contributed by atoms with Gasteiger partial charge in [0.1, 0.15) is 5.75 Å². The zero-order valence-electron chi connectivity index (χ0n) is 11.1. The number of hydrogen-bond acceptors (Lipinski definition) is 3. The highest BCUT2D eigenvalue weighted by Gasteiger charge is 2.21. The minimum atomic E-state index is -0.0426. The summed E-state index contributed by atoms with van der Waals surface area (Å²) in [5.74, 6) is 1.54. The first-order chi connectivity index (χ1) is 8.79. The van der Waals surface area contributed by atoms with Crippen LogP contribution in [0.25, 0.3) is 0 Å². The van der Waals surface area contributed by atoms with Gasteiger partial charge < -0.3 is 15.4 Å². The molecule has 0 bridgehead atoms. The lowest BCUT2D eigenvalue weighted by molar-refractivity contribution is 0.0954. The number of benzene rings is 1. The number of ether oxygens (including phenoxy) is 1. The van der Waals surface area contributed by atoms with Gasteiger partial charge in [0.15, 0.2) is 0 Å². The van der Waals surface area contributed by atoms with E-state index < -0.39 is 0 Å². The molecule has 2 N–H and O–H groups in total. The number of halogens is 1. The Morgan fingerprint density at radius 3 is 2.53 bits per heavy atom. The smallest absolute Gasteiger partial charge is 0.251 e. The predicted molar refractivity (Wildman–Crippen MR) is 78.2 cm³/mol. The van der Waals surface area contributed by atoms with Crippen molar-refractivity contribution in [3.8, 4) is 5.75 Å². The standard InChI is InChI=1S/C14H20N2O2.ClH/c1-15-8-9-16-14(17)12-4-6-13(7-5-12)18-10-11-2-3-11;/h4-7,11,15H,2-3,8-10H2,1H3,(H,16,17);1H. The van der Waals surface area contributed by atoms with Gasteiger partial charge in [0.25, 0.3) is 5.91 Å². The molecule has 0 unspecified atom stereocenters. The summed E-state index contributed by atoms with van der Waals surface area (Å²) in [5.41, 5.74) is 0.671. The Balaban J connectivity index is 0.00000180. The van der Waals surface area contributed by atoms with Crippen molar-refractivity contribution in [2.45, 2.75) is 12.8 Å². The molecule has 19 heavy (non-hydrogen) atoms. The monoisotopic (exact) mass is 284 g/mol. The second-order valence-corrected chi connectivity index (χ2v) is 4.64. The van der Waals surface area contributed by atoms with E-state index in [0.717, 1.165) is 24.8 Å². The van der Waals surface area contributed by atoms with Gasteiger partial charge in [-0.05, 0) is 50.1 Å². The largest absolute Gasteiger partial charge is 0.493 e. The van der Waals surface area contributed by atoms with Gasteiger partial charge in [-0.1, -0.05) is 0 Å². The quantitative estimate of drug-likeness (QED) is 0.751. The molecule has 1 aromatic rings. The topological polar surface area (TPSA) is 50.4 Å². The molecule has 106 valence electrons. The van der Waals surface area contributed by atoms with Crippen LogP contribution in [0.3, 0.4) is 0 Å². The second kappa shape index (κ2) is 8.02. The van der Waals surface area contributed by atoms with Crippen molar-refractivity contribution in [3.05, 3.63) is 29.8 Å². The molecule has 2 rings (SSSR count). The number of carbonyl (C=O) groups is 1. The predicted octanol–water partition coefficient (Wildman–Crippen LogP) is 1.85. The van der Waals surface area contributed by atoms with Gasteiger partial charge in [-0.25, -0.2) is 0 Å². The summed E-state index contributed by atoms with van der Waals surface area (Å²) in [5, 5.41) is 5.82. The van der Waals surface area contributed by atoms with Gasteiger partial charge in [-0.2, -0.15) is 0 Å². The Morgan fingerprint density at radius 2 is 1.95 bits per heavy atom. The zero-order chi connectivity index (χ0) is 12.8. The molecule has 1 aliphatic carbocycles. The number of hydrogen-bond donors (Lipinski definition) is 2. The Bertz CT molecular complexity index is 391. The van der Waals surface area contributed by atoms with E-state index >= 15 is 0 Å². The molecular formula is C14H21ClN2O2. The molecule has 0 atom stereocenters. The van der Waals surface area contributed by atoms with Crippen molar-refractivity contribution in [3.63, 3.8) is 0 Å². The molecule has 1 aliphatic rings. The Labute approximate surface area is 120 Å². The molecule has 0 spiro atoms. The van der Waals surface area contributed by atoms with Crippen molar-refractivity contribution >= 4 is 18.3 Å². The first kappa shape index (κ1) is 15.8. The molecule has 1 fully saturated rings. The van der Waals surface area contributed by atoms with Crippen molar-refractivity contribution in [1.29, 1.82) is 0 Å². The lowest BCUT2D eigenvalue weighted by Gasteiger charge is -2.07. The highest BCUT2D eigenvalue weighted by atomic mass is 35.5. The van der Waals surface area contributed by atoms with Crippen LogP contribution < -0.4 is 15.4 Å². The number of carbonyl (C=O) groups excluding carboxylic acids is 1. The SMILES string of the molecule is CNCCNC(=O)c1ccc(OCC2CC2)cc1.Cl. The van der Waals surface area contributed by atoms with Gasteiger partial charge in [-0.15, -0.1) is 12.4 Å². The third kappa shape index (κ3) is 5.49. The van der Waals surface area contributed by atoms with Crippen LogP contribution in [0.2, 0.25) is 0 Å². The summed E-state index contributed by atoms with van der Waals surface area (Å²) < 4.78 is 5.62. The summed E-state index contributed by atoms with van der Waals surface area (Å²) in [7, 11) is 1.86. The molecule has 5 heteroatoms. The highest BCUT2D eigenvalue weighted by Crippen LogP contribution is 2.29. The average molecular weight is 285 g/mol. The number of likely N-dealkylation sites (N-methyl/N-ethyl adjacent to an activating group) is 1. The minimum absolute atomic E-state index is 0. The summed E-state index contributed by atoms with van der Waals surface area (Å²) >= 11 is 0. The Kier molecular flexibility index (Phi) is 6.67. The zero-order valence-corrected chi connectivity index (χ0v) is 12.0. The van der Waals surface area contributed by atoms with Crippen molar-refractivity contribution in [2.75, 3.05) is 26.7 Å². The van der Waals surface area contributed by atoms with E-state index in [4.69, 9.17) is 4.74 Å². The van der Waals surface area contributed by atoms with Gasteiger partial charge in [0.05, 0.1) is 6.61 Å². The molecule has 0 radical (unpaired) electrons. The van der Waals surface area contributed by atoms with Crippen LogP contribution in [0.15, 0.2) is 24.3 Å². The Hall–Kier alpha value is -1.26. The van der Waals surface area contributed by atoms with Gasteiger partial charge in [0.2, 0.25) is 0 Å². The van der Waals surface area contributed by atoms with Crippen LogP contribution in [0.1, 0.15) is 23.2 Å². The van der Waals surface area contributed by atoms with E-state index in [1.165, 1.54) is 12.8 Å². The van der Waals surface area contributed by atoms with E-state index in [9.17, 15) is 4.79 Å². The molecular weight excluding hydrogens is 264 g/mol. The van der Waals surface area contributed by atoms with Crippen LogP contribution in [0.4, 0.5) is 0 Å². The first-order valence-electron chi connectivity index (χ1n) is 6.45. The number of amides is 1. The molecule has 1 aromatic carbocycles. The van der Waals surface area contributed by atoms with Crippen molar-refractivity contribution < 1.29 is 9.53 Å². The van der Waals surface area contributed by atoms with E-state index in [-0.39, 0.29) is 18.3 Å². The molecule has 0 saturated heterocycles. The lowest BCUT2D eigenvalue weighted by atomic mass is 10.2. The maximum atomic E-state index is 11.7. The van der Waals surface area contributed by atoms with Gasteiger partial charge >= 0.3 is 0 Å². The normalized spacial score (nSPS) is 13.5. The highest BCUT2D eigenvalue weighted by molar-refractivity contribution is 5.94. The maximum Gasteiger partial charge on any atom is 0.251 e. The molecule has 0 heterocycles. The molecule has 4 nitrogen and oxygen atoms in total.